The number of nitrogens with one attached hydrogen (secondary N) is 2. The maximum atomic E-state index is 12.7. The Morgan fingerprint density at radius 2 is 1.74 bits per heavy atom. The first kappa shape index (κ1) is 20.9. The molecule has 6 nitrogen and oxygen atoms in total. The number of hydrogen-bond acceptors (Lipinski definition) is 4. The summed E-state index contributed by atoms with van der Waals surface area (Å²) in [6.45, 7) is -0.308. The van der Waals surface area contributed by atoms with E-state index in [9.17, 15) is 22.8 Å². The lowest BCUT2D eigenvalue weighted by Crippen LogP contribution is -2.31. The van der Waals surface area contributed by atoms with E-state index in [0.717, 1.165) is 43.2 Å². The predicted octanol–water partition coefficient (Wildman–Crippen LogP) is 4.41. The zero-order chi connectivity index (χ0) is 22.0. The Kier molecular flexibility index (Phi) is 5.67. The molecule has 0 saturated heterocycles. The largest absolute Gasteiger partial charge is 0.416 e. The van der Waals surface area contributed by atoms with Crippen LogP contribution in [0.25, 0.3) is 10.9 Å². The normalized spacial score (nSPS) is 14.7. The number of fused-ring (bicyclic) bond motifs is 1. The Morgan fingerprint density at radius 3 is 2.42 bits per heavy atom. The maximum Gasteiger partial charge on any atom is 0.416 e. The van der Waals surface area contributed by atoms with Crippen LogP contribution in [0.5, 0.6) is 0 Å². The molecular weight excluding hydrogens is 409 g/mol. The summed E-state index contributed by atoms with van der Waals surface area (Å²) in [5.41, 5.74) is -0.600. The number of carbonyl (C=O) groups excluding carboxylic acids is 1. The molecular formula is C22H21F3N4O2. The van der Waals surface area contributed by atoms with Crippen LogP contribution in [0.3, 0.4) is 0 Å². The van der Waals surface area contributed by atoms with Crippen molar-refractivity contribution in [1.82, 2.24) is 9.55 Å². The molecule has 31 heavy (non-hydrogen) atoms. The third-order valence-electron chi connectivity index (χ3n) is 5.38. The van der Waals surface area contributed by atoms with E-state index < -0.39 is 23.3 Å². The molecule has 1 amide bonds. The third kappa shape index (κ3) is 4.70. The molecule has 1 fully saturated rings. The van der Waals surface area contributed by atoms with Crippen molar-refractivity contribution in [2.24, 2.45) is 0 Å². The molecule has 1 aromatic heterocycles. The van der Waals surface area contributed by atoms with Crippen molar-refractivity contribution in [1.29, 1.82) is 0 Å². The fourth-order valence-electron chi connectivity index (χ4n) is 3.84. The summed E-state index contributed by atoms with van der Waals surface area (Å²) in [5, 5.41) is 6.60. The third-order valence-corrected chi connectivity index (χ3v) is 5.38. The van der Waals surface area contributed by atoms with E-state index in [1.54, 1.807) is 12.1 Å². The highest BCUT2D eigenvalue weighted by Crippen LogP contribution is 2.30. The van der Waals surface area contributed by atoms with E-state index in [1.807, 2.05) is 12.1 Å². The molecule has 4 rings (SSSR count). The van der Waals surface area contributed by atoms with Gasteiger partial charge < -0.3 is 10.6 Å². The predicted molar refractivity (Wildman–Crippen MR) is 112 cm³/mol. The molecule has 0 aliphatic heterocycles. The van der Waals surface area contributed by atoms with Gasteiger partial charge in [0.15, 0.2) is 0 Å². The average Bonchev–Trinajstić information content (AvgIpc) is 3.24. The standard InChI is InChI=1S/C22H21F3N4O2/c23-22(24,25)14-9-11-16(12-10-14)26-19(30)13-29-18-8-4-3-7-17(18)20(28-21(29)31)27-15-5-1-2-6-15/h3-4,7-12,15H,1-2,5-6,13H2,(H,26,30)(H,27,28,31). The molecule has 0 radical (unpaired) electrons. The number of alkyl halides is 3. The van der Waals surface area contributed by atoms with Crippen LogP contribution >= 0.6 is 0 Å². The Morgan fingerprint density at radius 1 is 1.06 bits per heavy atom. The topological polar surface area (TPSA) is 76.0 Å². The summed E-state index contributed by atoms with van der Waals surface area (Å²) in [4.78, 5) is 29.3. The fraction of sp³-hybridized carbons (Fsp3) is 0.318. The van der Waals surface area contributed by atoms with Gasteiger partial charge in [-0.25, -0.2) is 4.79 Å². The molecule has 1 heterocycles. The first-order chi connectivity index (χ1) is 14.8. The van der Waals surface area contributed by atoms with Gasteiger partial charge in [0.25, 0.3) is 0 Å². The molecule has 0 bridgehead atoms. The van der Waals surface area contributed by atoms with Gasteiger partial charge in [-0.3, -0.25) is 9.36 Å². The van der Waals surface area contributed by atoms with Gasteiger partial charge in [0.2, 0.25) is 5.91 Å². The zero-order valence-electron chi connectivity index (χ0n) is 16.6. The number of halogens is 3. The summed E-state index contributed by atoms with van der Waals surface area (Å²) in [7, 11) is 0. The summed E-state index contributed by atoms with van der Waals surface area (Å²) in [5.74, 6) is -0.0304. The van der Waals surface area contributed by atoms with E-state index >= 15 is 0 Å². The number of nitrogens with zero attached hydrogens (tertiary/aromatic N) is 2. The van der Waals surface area contributed by atoms with Gasteiger partial charge in [0.05, 0.1) is 11.1 Å². The van der Waals surface area contributed by atoms with Gasteiger partial charge in [-0.1, -0.05) is 25.0 Å². The van der Waals surface area contributed by atoms with Crippen LogP contribution < -0.4 is 16.3 Å². The number of carbonyl (C=O) groups is 1. The minimum absolute atomic E-state index is 0.211. The van der Waals surface area contributed by atoms with E-state index in [4.69, 9.17) is 0 Å². The second-order valence-electron chi connectivity index (χ2n) is 7.60. The molecule has 0 atom stereocenters. The highest BCUT2D eigenvalue weighted by atomic mass is 19.4. The number of anilines is 2. The van der Waals surface area contributed by atoms with Crippen molar-refractivity contribution in [3.05, 3.63) is 64.6 Å². The number of rotatable bonds is 5. The van der Waals surface area contributed by atoms with Crippen LogP contribution in [0.4, 0.5) is 24.7 Å². The fourth-order valence-corrected chi connectivity index (χ4v) is 3.84. The lowest BCUT2D eigenvalue weighted by Gasteiger charge is -2.17. The van der Waals surface area contributed by atoms with Crippen LogP contribution in [0.2, 0.25) is 0 Å². The second kappa shape index (κ2) is 8.41. The number of benzene rings is 2. The van der Waals surface area contributed by atoms with Crippen molar-refractivity contribution < 1.29 is 18.0 Å². The molecule has 1 aliphatic carbocycles. The molecule has 162 valence electrons. The van der Waals surface area contributed by atoms with Crippen molar-refractivity contribution >= 4 is 28.3 Å². The van der Waals surface area contributed by atoms with Crippen molar-refractivity contribution in [2.75, 3.05) is 10.6 Å². The van der Waals surface area contributed by atoms with E-state index in [1.165, 1.54) is 16.7 Å². The van der Waals surface area contributed by atoms with Crippen LogP contribution in [0.1, 0.15) is 31.2 Å². The van der Waals surface area contributed by atoms with Crippen LogP contribution in [-0.4, -0.2) is 21.5 Å². The second-order valence-corrected chi connectivity index (χ2v) is 7.60. The molecule has 2 aromatic carbocycles. The highest BCUT2D eigenvalue weighted by molar-refractivity contribution is 5.93. The molecule has 0 spiro atoms. The molecule has 0 unspecified atom stereocenters. The Labute approximate surface area is 176 Å². The Bertz CT molecular complexity index is 1150. The summed E-state index contributed by atoms with van der Waals surface area (Å²) < 4.78 is 39.3. The van der Waals surface area contributed by atoms with Crippen molar-refractivity contribution in [3.8, 4) is 0 Å². The van der Waals surface area contributed by atoms with Gasteiger partial charge >= 0.3 is 11.9 Å². The van der Waals surface area contributed by atoms with Crippen LogP contribution in [0.15, 0.2) is 53.3 Å². The van der Waals surface area contributed by atoms with E-state index in [-0.39, 0.29) is 18.3 Å². The first-order valence-corrected chi connectivity index (χ1v) is 10.0. The number of amides is 1. The summed E-state index contributed by atoms with van der Waals surface area (Å²) >= 11 is 0. The van der Waals surface area contributed by atoms with Gasteiger partial charge in [0.1, 0.15) is 12.4 Å². The molecule has 2 N–H and O–H groups in total. The highest BCUT2D eigenvalue weighted by Gasteiger charge is 2.30. The monoisotopic (exact) mass is 430 g/mol. The Hall–Kier alpha value is -3.36. The minimum Gasteiger partial charge on any atom is -0.367 e. The Balaban J connectivity index is 1.56. The van der Waals surface area contributed by atoms with E-state index in [2.05, 4.69) is 15.6 Å². The molecule has 1 saturated carbocycles. The van der Waals surface area contributed by atoms with Crippen LogP contribution in [-0.2, 0) is 17.5 Å². The first-order valence-electron chi connectivity index (χ1n) is 10.0. The number of aromatic nitrogens is 2. The van der Waals surface area contributed by atoms with E-state index in [0.29, 0.717) is 11.3 Å². The van der Waals surface area contributed by atoms with Crippen molar-refractivity contribution in [3.63, 3.8) is 0 Å². The quantitative estimate of drug-likeness (QED) is 0.629. The van der Waals surface area contributed by atoms with Gasteiger partial charge in [0, 0.05) is 17.1 Å². The lowest BCUT2D eigenvalue weighted by atomic mass is 10.2. The average molecular weight is 430 g/mol. The zero-order valence-corrected chi connectivity index (χ0v) is 16.6. The van der Waals surface area contributed by atoms with Crippen LogP contribution in [0, 0.1) is 0 Å². The minimum atomic E-state index is -4.45. The molecule has 3 aromatic rings. The summed E-state index contributed by atoms with van der Waals surface area (Å²) in [6.07, 6.45) is -0.133. The number of para-hydroxylation sites is 1. The smallest absolute Gasteiger partial charge is 0.367 e. The summed E-state index contributed by atoms with van der Waals surface area (Å²) in [6, 6.07) is 11.6. The lowest BCUT2D eigenvalue weighted by molar-refractivity contribution is -0.137. The molecule has 1 aliphatic rings. The maximum absolute atomic E-state index is 12.7. The number of hydrogen-bond donors (Lipinski definition) is 2. The SMILES string of the molecule is O=C(Cn1c(=O)nc(NC2CCCC2)c2ccccc21)Nc1ccc(C(F)(F)F)cc1. The van der Waals surface area contributed by atoms with Crippen molar-refractivity contribution in [2.45, 2.75) is 44.4 Å². The van der Waals surface area contributed by atoms with Gasteiger partial charge in [-0.15, -0.1) is 0 Å². The van der Waals surface area contributed by atoms with Gasteiger partial charge in [-0.2, -0.15) is 18.2 Å². The van der Waals surface area contributed by atoms with Gasteiger partial charge in [-0.05, 0) is 49.2 Å². The molecule has 9 heteroatoms.